The molecule has 3 rings (SSSR count). The Kier molecular flexibility index (Phi) is 6.91. The zero-order valence-corrected chi connectivity index (χ0v) is 22.1. The number of ether oxygens (including phenoxy) is 1. The Labute approximate surface area is 199 Å². The molecule has 174 valence electrons. The molecule has 7 nitrogen and oxygen atoms in total. The van der Waals surface area contributed by atoms with Gasteiger partial charge in [-0.3, -0.25) is 19.8 Å². The number of thioether (sulfide) groups is 1. The summed E-state index contributed by atoms with van der Waals surface area (Å²) < 4.78 is 12.3. The van der Waals surface area contributed by atoms with Crippen LogP contribution in [0, 0.1) is 16.0 Å². The monoisotopic (exact) mass is 494 g/mol. The molecule has 1 amide bonds. The van der Waals surface area contributed by atoms with Crippen molar-refractivity contribution >= 4 is 48.9 Å². The zero-order chi connectivity index (χ0) is 24.0. The molecule has 3 atom stereocenters. The second-order valence-corrected chi connectivity index (χ2v) is 16.2. The number of nitro benzene ring substituents is 1. The van der Waals surface area contributed by atoms with Crippen molar-refractivity contribution in [3.63, 3.8) is 0 Å². The molecule has 2 aliphatic heterocycles. The summed E-state index contributed by atoms with van der Waals surface area (Å²) in [5, 5.41) is 11.1. The number of rotatable bonds is 7. The van der Waals surface area contributed by atoms with Gasteiger partial charge in [0.15, 0.2) is 8.32 Å². The van der Waals surface area contributed by atoms with Gasteiger partial charge in [0.2, 0.25) is 11.0 Å². The number of non-ortho nitro benzene ring substituents is 1. The second-order valence-electron chi connectivity index (χ2n) is 9.73. The number of carbonyl (C=O) groups is 1. The first-order valence-corrected chi connectivity index (χ1v) is 14.7. The molecule has 32 heavy (non-hydrogen) atoms. The zero-order valence-electron chi connectivity index (χ0n) is 19.5. The highest BCUT2D eigenvalue weighted by molar-refractivity contribution is 8.04. The fraction of sp³-hybridized carbons (Fsp3) is 0.545. The number of nitrogens with zero attached hydrogens (tertiary/aromatic N) is 2. The van der Waals surface area contributed by atoms with Crippen molar-refractivity contribution in [1.29, 1.82) is 0 Å². The average Bonchev–Trinajstić information content (AvgIpc) is 2.97. The number of carbonyl (C=O) groups excluding carboxylic acids is 1. The number of allylic oxidation sites excluding steroid dienone is 1. The summed E-state index contributed by atoms with van der Waals surface area (Å²) in [6, 6.07) is 6.14. The van der Waals surface area contributed by atoms with Gasteiger partial charge in [-0.05, 0) is 61.9 Å². The molecule has 1 aromatic rings. The molecular formula is C22H30N2O5S2Si. The van der Waals surface area contributed by atoms with Crippen LogP contribution in [0.5, 0.6) is 0 Å². The quantitative estimate of drug-likeness (QED) is 0.160. The number of thiocarbonyl (C=S) groups is 1. The summed E-state index contributed by atoms with van der Waals surface area (Å²) in [4.78, 5) is 26.1. The van der Waals surface area contributed by atoms with Gasteiger partial charge in [0.25, 0.3) is 5.69 Å². The van der Waals surface area contributed by atoms with Gasteiger partial charge in [-0.25, -0.2) is 0 Å². The van der Waals surface area contributed by atoms with E-state index in [1.165, 1.54) is 12.1 Å². The highest BCUT2D eigenvalue weighted by Gasteiger charge is 2.57. The van der Waals surface area contributed by atoms with Crippen LogP contribution in [0.4, 0.5) is 5.69 Å². The highest BCUT2D eigenvalue weighted by atomic mass is 32.2. The number of fused-ring (bicyclic) bond motifs is 1. The van der Waals surface area contributed by atoms with Crippen LogP contribution >= 0.6 is 24.0 Å². The van der Waals surface area contributed by atoms with Crippen LogP contribution in [0.3, 0.4) is 0 Å². The Bertz CT molecular complexity index is 972. The van der Waals surface area contributed by atoms with Gasteiger partial charge in [0.05, 0.1) is 16.9 Å². The SMILES string of the molecule is CC1=C(C(=S)OCc2ccc([N+](=O)[O-])cc2)N2C(=O)[C@@H]([C@H](C)O[Si](C)(C)C(C)(C)C)[C@H]2S1. The maximum Gasteiger partial charge on any atom is 0.269 e. The van der Waals surface area contributed by atoms with Gasteiger partial charge in [-0.2, -0.15) is 0 Å². The van der Waals surface area contributed by atoms with E-state index in [-0.39, 0.29) is 45.7 Å². The van der Waals surface area contributed by atoms with E-state index >= 15 is 0 Å². The number of benzene rings is 1. The molecule has 2 aliphatic rings. The van der Waals surface area contributed by atoms with Crippen LogP contribution in [-0.2, 0) is 20.6 Å². The van der Waals surface area contributed by atoms with Crippen molar-refractivity contribution in [2.24, 2.45) is 5.92 Å². The summed E-state index contributed by atoms with van der Waals surface area (Å²) in [6.07, 6.45) is -0.168. The Morgan fingerprint density at radius 3 is 2.44 bits per heavy atom. The topological polar surface area (TPSA) is 81.9 Å². The second kappa shape index (κ2) is 8.89. The van der Waals surface area contributed by atoms with E-state index in [0.717, 1.165) is 10.5 Å². The number of hydrogen-bond acceptors (Lipinski definition) is 7. The Morgan fingerprint density at radius 1 is 1.31 bits per heavy atom. The van der Waals surface area contributed by atoms with Crippen LogP contribution < -0.4 is 0 Å². The molecule has 0 N–H and O–H groups in total. The average molecular weight is 495 g/mol. The molecule has 10 heteroatoms. The number of hydrogen-bond donors (Lipinski definition) is 0. The van der Waals surface area contributed by atoms with Crippen LogP contribution in [0.15, 0.2) is 34.9 Å². The Morgan fingerprint density at radius 2 is 1.91 bits per heavy atom. The maximum atomic E-state index is 13.1. The lowest BCUT2D eigenvalue weighted by Gasteiger charge is -2.48. The first-order valence-electron chi connectivity index (χ1n) is 10.5. The van der Waals surface area contributed by atoms with Crippen LogP contribution in [-0.4, -0.2) is 40.6 Å². The van der Waals surface area contributed by atoms with E-state index in [0.29, 0.717) is 5.70 Å². The van der Waals surface area contributed by atoms with E-state index in [2.05, 4.69) is 33.9 Å². The third-order valence-corrected chi connectivity index (χ3v) is 12.6. The normalized spacial score (nSPS) is 21.8. The lowest BCUT2D eigenvalue weighted by atomic mass is 9.92. The van der Waals surface area contributed by atoms with Crippen LogP contribution in [0.1, 0.15) is 40.2 Å². The number of amides is 1. The van der Waals surface area contributed by atoms with Gasteiger partial charge in [0, 0.05) is 17.0 Å². The number of nitro groups is 1. The van der Waals surface area contributed by atoms with Gasteiger partial charge >= 0.3 is 0 Å². The summed E-state index contributed by atoms with van der Waals surface area (Å²) in [6.45, 7) is 15.1. The third kappa shape index (κ3) is 4.64. The van der Waals surface area contributed by atoms with Crippen molar-refractivity contribution in [3.05, 3.63) is 50.5 Å². The molecule has 1 fully saturated rings. The van der Waals surface area contributed by atoms with Crippen molar-refractivity contribution in [2.45, 2.75) is 70.8 Å². The predicted molar refractivity (Wildman–Crippen MR) is 133 cm³/mol. The summed E-state index contributed by atoms with van der Waals surface area (Å²) >= 11 is 7.13. The minimum absolute atomic E-state index is 0.0156. The fourth-order valence-electron chi connectivity index (χ4n) is 3.58. The van der Waals surface area contributed by atoms with Crippen LogP contribution in [0.2, 0.25) is 18.1 Å². The molecular weight excluding hydrogens is 464 g/mol. The molecule has 0 radical (unpaired) electrons. The van der Waals surface area contributed by atoms with E-state index < -0.39 is 13.2 Å². The van der Waals surface area contributed by atoms with Crippen LogP contribution in [0.25, 0.3) is 0 Å². The Hall–Kier alpha value is -1.75. The molecule has 0 bridgehead atoms. The first kappa shape index (κ1) is 24.9. The molecule has 0 saturated carbocycles. The minimum Gasteiger partial charge on any atom is -0.477 e. The van der Waals surface area contributed by atoms with E-state index in [1.54, 1.807) is 28.8 Å². The molecule has 0 spiro atoms. The summed E-state index contributed by atoms with van der Waals surface area (Å²) in [5.41, 5.74) is 1.44. The van der Waals surface area contributed by atoms with Gasteiger partial charge in [0.1, 0.15) is 17.7 Å². The summed E-state index contributed by atoms with van der Waals surface area (Å²) in [5.74, 6) is -0.194. The van der Waals surface area contributed by atoms with E-state index in [9.17, 15) is 14.9 Å². The lowest BCUT2D eigenvalue weighted by Crippen LogP contribution is -2.62. The molecule has 1 saturated heterocycles. The summed E-state index contributed by atoms with van der Waals surface area (Å²) in [7, 11) is -1.99. The third-order valence-electron chi connectivity index (χ3n) is 6.46. The van der Waals surface area contributed by atoms with E-state index in [1.807, 2.05) is 13.8 Å². The fourth-order valence-corrected chi connectivity index (χ4v) is 6.85. The van der Waals surface area contributed by atoms with E-state index in [4.69, 9.17) is 21.4 Å². The van der Waals surface area contributed by atoms with Crippen molar-refractivity contribution in [2.75, 3.05) is 0 Å². The van der Waals surface area contributed by atoms with Crippen molar-refractivity contribution in [1.82, 2.24) is 4.90 Å². The Balaban J connectivity index is 1.63. The first-order chi connectivity index (χ1) is 14.7. The minimum atomic E-state index is -1.99. The molecule has 0 aromatic heterocycles. The predicted octanol–water partition coefficient (Wildman–Crippen LogP) is 5.61. The maximum absolute atomic E-state index is 13.1. The van der Waals surface area contributed by atoms with Crippen molar-refractivity contribution < 1.29 is 18.9 Å². The lowest BCUT2D eigenvalue weighted by molar-refractivity contribution is -0.384. The molecule has 0 unspecified atom stereocenters. The van der Waals surface area contributed by atoms with Gasteiger partial charge in [-0.15, -0.1) is 11.8 Å². The largest absolute Gasteiger partial charge is 0.477 e. The van der Waals surface area contributed by atoms with Gasteiger partial charge < -0.3 is 9.16 Å². The van der Waals surface area contributed by atoms with Crippen molar-refractivity contribution in [3.8, 4) is 0 Å². The number of β-lactam (4-membered cyclic amide) rings is 1. The standard InChI is InChI=1S/C22H30N2O5S2Si/c1-13(29-32(6,7)22(3,4)5)17-19(25)23-18(14(2)31-20(17)23)21(30)28-12-15-8-10-16(11-9-15)24(26)27/h8-11,13,17,20H,12H2,1-7H3/t13-,17+,20+/m0/s1. The van der Waals surface area contributed by atoms with Gasteiger partial charge in [-0.1, -0.05) is 20.8 Å². The molecule has 0 aliphatic carbocycles. The molecule has 1 aromatic carbocycles. The smallest absolute Gasteiger partial charge is 0.269 e. The molecule has 2 heterocycles. The highest BCUT2D eigenvalue weighted by Crippen LogP contribution is 2.51.